The molecule has 0 unspecified atom stereocenters. The number of aliphatic hydroxyl groups is 2. The number of benzene rings is 2. The molecule has 4 rings (SSSR count). The van der Waals surface area contributed by atoms with Crippen LogP contribution in [0.3, 0.4) is 0 Å². The van der Waals surface area contributed by atoms with Crippen LogP contribution < -0.4 is 0 Å². The molecule has 1 fully saturated rings. The molecule has 0 amide bonds. The molecular formula is C19H18O6. The maximum atomic E-state index is 12.0. The zero-order valence-electron chi connectivity index (χ0n) is 13.4. The average Bonchev–Trinajstić information content (AvgIpc) is 3.15. The van der Waals surface area contributed by atoms with Gasteiger partial charge in [0.25, 0.3) is 0 Å². The highest BCUT2D eigenvalue weighted by Gasteiger charge is 2.59. The van der Waals surface area contributed by atoms with Gasteiger partial charge in [-0.1, -0.05) is 42.5 Å². The van der Waals surface area contributed by atoms with Crippen molar-refractivity contribution in [1.82, 2.24) is 0 Å². The van der Waals surface area contributed by atoms with Crippen LogP contribution in [0.1, 0.15) is 21.5 Å². The van der Waals surface area contributed by atoms with Crippen molar-refractivity contribution in [3.63, 3.8) is 0 Å². The SMILES string of the molecule is O=C(OC[C@H]1O[C@]2(OCc3ccccc32)[C@H](O)[C@@H]1O)c1ccccc1. The molecule has 2 aromatic rings. The topological polar surface area (TPSA) is 85.2 Å². The Morgan fingerprint density at radius 1 is 1.12 bits per heavy atom. The Balaban J connectivity index is 1.49. The molecule has 2 aliphatic heterocycles. The van der Waals surface area contributed by atoms with E-state index in [2.05, 4.69) is 0 Å². The van der Waals surface area contributed by atoms with Crippen LogP contribution in [0, 0.1) is 0 Å². The Bertz CT molecular complexity index is 776. The van der Waals surface area contributed by atoms with E-state index in [0.717, 1.165) is 5.56 Å². The lowest BCUT2D eigenvalue weighted by molar-refractivity contribution is -0.262. The molecule has 1 saturated heterocycles. The number of carbonyl (C=O) groups is 1. The van der Waals surface area contributed by atoms with Crippen molar-refractivity contribution in [2.45, 2.75) is 30.7 Å². The van der Waals surface area contributed by atoms with Crippen LogP contribution in [0.25, 0.3) is 0 Å². The second-order valence-electron chi connectivity index (χ2n) is 6.17. The highest BCUT2D eigenvalue weighted by atomic mass is 16.7. The zero-order valence-corrected chi connectivity index (χ0v) is 13.4. The van der Waals surface area contributed by atoms with Gasteiger partial charge in [-0.2, -0.15) is 0 Å². The van der Waals surface area contributed by atoms with Gasteiger partial charge in [-0.15, -0.1) is 0 Å². The second kappa shape index (κ2) is 6.24. The van der Waals surface area contributed by atoms with Gasteiger partial charge in [0.2, 0.25) is 5.79 Å². The van der Waals surface area contributed by atoms with E-state index in [-0.39, 0.29) is 13.2 Å². The molecule has 0 radical (unpaired) electrons. The van der Waals surface area contributed by atoms with Gasteiger partial charge in [-0.25, -0.2) is 4.79 Å². The number of esters is 1. The Kier molecular flexibility index (Phi) is 4.05. The average molecular weight is 342 g/mol. The Hall–Kier alpha value is -2.25. The Labute approximate surface area is 144 Å². The van der Waals surface area contributed by atoms with Crippen molar-refractivity contribution in [3.8, 4) is 0 Å². The van der Waals surface area contributed by atoms with Crippen molar-refractivity contribution in [2.75, 3.05) is 6.61 Å². The predicted octanol–water partition coefficient (Wildman–Crippen LogP) is 1.35. The third kappa shape index (κ3) is 2.63. The maximum Gasteiger partial charge on any atom is 0.338 e. The summed E-state index contributed by atoms with van der Waals surface area (Å²) < 4.78 is 16.8. The van der Waals surface area contributed by atoms with Gasteiger partial charge >= 0.3 is 5.97 Å². The lowest BCUT2D eigenvalue weighted by Gasteiger charge is -2.27. The number of hydrogen-bond donors (Lipinski definition) is 2. The van der Waals surface area contributed by atoms with E-state index in [9.17, 15) is 15.0 Å². The van der Waals surface area contributed by atoms with E-state index < -0.39 is 30.1 Å². The summed E-state index contributed by atoms with van der Waals surface area (Å²) in [5.41, 5.74) is 2.00. The van der Waals surface area contributed by atoms with Gasteiger partial charge in [-0.05, 0) is 17.7 Å². The molecule has 2 N–H and O–H groups in total. The van der Waals surface area contributed by atoms with Crippen LogP contribution in [0.2, 0.25) is 0 Å². The first-order valence-electron chi connectivity index (χ1n) is 8.10. The third-order valence-corrected chi connectivity index (χ3v) is 4.64. The van der Waals surface area contributed by atoms with Crippen molar-refractivity contribution in [2.24, 2.45) is 0 Å². The van der Waals surface area contributed by atoms with E-state index in [0.29, 0.717) is 11.1 Å². The number of carbonyl (C=O) groups excluding carboxylic acids is 1. The summed E-state index contributed by atoms with van der Waals surface area (Å²) in [4.78, 5) is 12.0. The Morgan fingerprint density at radius 3 is 2.64 bits per heavy atom. The number of aliphatic hydroxyl groups excluding tert-OH is 2. The smallest absolute Gasteiger partial charge is 0.338 e. The summed E-state index contributed by atoms with van der Waals surface area (Å²) >= 11 is 0. The highest BCUT2D eigenvalue weighted by molar-refractivity contribution is 5.89. The summed E-state index contributed by atoms with van der Waals surface area (Å²) in [6.07, 6.45) is -3.37. The molecule has 25 heavy (non-hydrogen) atoms. The molecule has 1 spiro atoms. The lowest BCUT2D eigenvalue weighted by atomic mass is 9.96. The molecule has 2 aromatic carbocycles. The highest BCUT2D eigenvalue weighted by Crippen LogP contribution is 2.46. The molecule has 2 aliphatic rings. The van der Waals surface area contributed by atoms with E-state index in [1.807, 2.05) is 18.2 Å². The van der Waals surface area contributed by atoms with Gasteiger partial charge in [-0.3, -0.25) is 0 Å². The van der Waals surface area contributed by atoms with E-state index in [4.69, 9.17) is 14.2 Å². The summed E-state index contributed by atoms with van der Waals surface area (Å²) in [7, 11) is 0. The zero-order chi connectivity index (χ0) is 17.4. The molecule has 0 bridgehead atoms. The third-order valence-electron chi connectivity index (χ3n) is 4.64. The van der Waals surface area contributed by atoms with Crippen molar-refractivity contribution in [3.05, 3.63) is 71.3 Å². The predicted molar refractivity (Wildman–Crippen MR) is 86.5 cm³/mol. The standard InChI is InChI=1S/C19H18O6/c20-16-15(11-23-18(22)12-6-2-1-3-7-12)25-19(17(16)21)14-9-5-4-8-13(14)10-24-19/h1-9,15-17,20-21H,10-11H2/t15-,16-,17-,19+/m1/s1. The molecule has 2 heterocycles. The van der Waals surface area contributed by atoms with Crippen LogP contribution in [0.5, 0.6) is 0 Å². The quantitative estimate of drug-likeness (QED) is 0.819. The normalized spacial score (nSPS) is 30.4. The molecular weight excluding hydrogens is 324 g/mol. The molecule has 6 nitrogen and oxygen atoms in total. The summed E-state index contributed by atoms with van der Waals surface area (Å²) in [5.74, 6) is -1.93. The molecule has 0 aromatic heterocycles. The molecule has 6 heteroatoms. The van der Waals surface area contributed by atoms with Crippen molar-refractivity contribution < 1.29 is 29.2 Å². The second-order valence-corrected chi connectivity index (χ2v) is 6.17. The van der Waals surface area contributed by atoms with Gasteiger partial charge < -0.3 is 24.4 Å². The van der Waals surface area contributed by atoms with Gasteiger partial charge in [0.15, 0.2) is 0 Å². The van der Waals surface area contributed by atoms with E-state index >= 15 is 0 Å². The fourth-order valence-corrected chi connectivity index (χ4v) is 3.33. The monoisotopic (exact) mass is 342 g/mol. The maximum absolute atomic E-state index is 12.0. The first kappa shape index (κ1) is 16.2. The van der Waals surface area contributed by atoms with Crippen LogP contribution in [-0.4, -0.2) is 41.1 Å². The fraction of sp³-hybridized carbons (Fsp3) is 0.316. The van der Waals surface area contributed by atoms with Crippen LogP contribution >= 0.6 is 0 Å². The minimum absolute atomic E-state index is 0.181. The van der Waals surface area contributed by atoms with Crippen LogP contribution in [0.4, 0.5) is 0 Å². The fourth-order valence-electron chi connectivity index (χ4n) is 3.33. The summed E-state index contributed by atoms with van der Waals surface area (Å²) in [6.45, 7) is 0.107. The van der Waals surface area contributed by atoms with Crippen LogP contribution in [0.15, 0.2) is 54.6 Å². The van der Waals surface area contributed by atoms with E-state index in [1.54, 1.807) is 36.4 Å². The Morgan fingerprint density at radius 2 is 1.84 bits per heavy atom. The summed E-state index contributed by atoms with van der Waals surface area (Å²) in [6, 6.07) is 15.9. The van der Waals surface area contributed by atoms with Gasteiger partial charge in [0.05, 0.1) is 12.2 Å². The first-order chi connectivity index (χ1) is 12.1. The molecule has 0 aliphatic carbocycles. The lowest BCUT2D eigenvalue weighted by Crippen LogP contribution is -2.40. The largest absolute Gasteiger partial charge is 0.459 e. The molecule has 130 valence electrons. The van der Waals surface area contributed by atoms with Crippen LogP contribution in [-0.2, 0) is 26.6 Å². The number of ether oxygens (including phenoxy) is 3. The van der Waals surface area contributed by atoms with Crippen molar-refractivity contribution in [1.29, 1.82) is 0 Å². The first-order valence-corrected chi connectivity index (χ1v) is 8.10. The molecule has 0 saturated carbocycles. The van der Waals surface area contributed by atoms with Gasteiger partial charge in [0.1, 0.15) is 24.9 Å². The van der Waals surface area contributed by atoms with Gasteiger partial charge in [0, 0.05) is 5.56 Å². The summed E-state index contributed by atoms with van der Waals surface area (Å²) in [5, 5.41) is 20.9. The molecule has 4 atom stereocenters. The number of rotatable bonds is 3. The minimum Gasteiger partial charge on any atom is -0.459 e. The van der Waals surface area contributed by atoms with E-state index in [1.165, 1.54) is 0 Å². The minimum atomic E-state index is -1.42. The number of hydrogen-bond acceptors (Lipinski definition) is 6. The number of fused-ring (bicyclic) bond motifs is 2. The van der Waals surface area contributed by atoms with Crippen molar-refractivity contribution >= 4 is 5.97 Å².